The Balaban J connectivity index is 2.43. The van der Waals surface area contributed by atoms with E-state index in [0.29, 0.717) is 6.04 Å². The molecule has 3 nitrogen and oxygen atoms in total. The van der Waals surface area contributed by atoms with E-state index in [9.17, 15) is 0 Å². The van der Waals surface area contributed by atoms with Gasteiger partial charge in [0.1, 0.15) is 0 Å². The average molecular weight is 158 g/mol. The number of nitrogens with zero attached hydrogens (tertiary/aromatic N) is 1. The van der Waals surface area contributed by atoms with Crippen LogP contribution in [-0.4, -0.2) is 43.3 Å². The van der Waals surface area contributed by atoms with Crippen LogP contribution < -0.4 is 5.73 Å². The minimum absolute atomic E-state index is 0.197. The first kappa shape index (κ1) is 8.97. The Morgan fingerprint density at radius 2 is 2.09 bits per heavy atom. The highest BCUT2D eigenvalue weighted by Gasteiger charge is 2.30. The van der Waals surface area contributed by atoms with Crippen LogP contribution in [0.2, 0.25) is 0 Å². The van der Waals surface area contributed by atoms with Gasteiger partial charge >= 0.3 is 0 Å². The molecule has 0 aromatic heterocycles. The van der Waals surface area contributed by atoms with Crippen LogP contribution in [0, 0.1) is 0 Å². The molecule has 2 atom stereocenters. The molecule has 0 aliphatic carbocycles. The molecule has 1 aliphatic heterocycles. The highest BCUT2D eigenvalue weighted by molar-refractivity contribution is 4.88. The molecule has 1 rings (SSSR count). The van der Waals surface area contributed by atoms with Crippen molar-refractivity contribution in [2.24, 2.45) is 5.73 Å². The molecule has 1 saturated heterocycles. The fourth-order valence-corrected chi connectivity index (χ4v) is 1.50. The molecule has 2 N–H and O–H groups in total. The van der Waals surface area contributed by atoms with Crippen molar-refractivity contribution in [3.05, 3.63) is 0 Å². The average Bonchev–Trinajstić information content (AvgIpc) is 2.31. The van der Waals surface area contributed by atoms with Crippen molar-refractivity contribution >= 4 is 0 Å². The van der Waals surface area contributed by atoms with Gasteiger partial charge in [0.2, 0.25) is 0 Å². The zero-order valence-corrected chi connectivity index (χ0v) is 7.58. The van der Waals surface area contributed by atoms with Gasteiger partial charge in [-0.05, 0) is 13.8 Å². The third kappa shape index (κ3) is 1.92. The predicted molar refractivity (Wildman–Crippen MR) is 45.5 cm³/mol. The van der Waals surface area contributed by atoms with Gasteiger partial charge in [-0.1, -0.05) is 0 Å². The van der Waals surface area contributed by atoms with Crippen LogP contribution in [0.3, 0.4) is 0 Å². The van der Waals surface area contributed by atoms with Gasteiger partial charge in [-0.25, -0.2) is 0 Å². The lowest BCUT2D eigenvalue weighted by molar-refractivity contribution is 0.0951. The summed E-state index contributed by atoms with van der Waals surface area (Å²) in [5.74, 6) is 0. The third-order valence-corrected chi connectivity index (χ3v) is 2.37. The van der Waals surface area contributed by atoms with Crippen LogP contribution >= 0.6 is 0 Å². The smallest absolute Gasteiger partial charge is 0.0861 e. The summed E-state index contributed by atoms with van der Waals surface area (Å²) >= 11 is 0. The molecule has 0 amide bonds. The van der Waals surface area contributed by atoms with Gasteiger partial charge in [0, 0.05) is 32.3 Å². The van der Waals surface area contributed by atoms with E-state index >= 15 is 0 Å². The van der Waals surface area contributed by atoms with Crippen molar-refractivity contribution in [1.29, 1.82) is 0 Å². The monoisotopic (exact) mass is 158 g/mol. The number of rotatable bonds is 2. The maximum atomic E-state index is 5.85. The van der Waals surface area contributed by atoms with E-state index in [1.165, 1.54) is 0 Å². The van der Waals surface area contributed by atoms with E-state index in [1.54, 1.807) is 7.11 Å². The van der Waals surface area contributed by atoms with E-state index < -0.39 is 0 Å². The topological polar surface area (TPSA) is 38.5 Å². The number of nitrogens with two attached hydrogens (primary N) is 1. The first-order valence-electron chi connectivity index (χ1n) is 4.17. The number of hydrogen-bond donors (Lipinski definition) is 1. The van der Waals surface area contributed by atoms with Crippen LogP contribution in [0.15, 0.2) is 0 Å². The second-order valence-corrected chi connectivity index (χ2v) is 3.49. The van der Waals surface area contributed by atoms with Gasteiger partial charge in [0.05, 0.1) is 6.10 Å². The van der Waals surface area contributed by atoms with Crippen molar-refractivity contribution in [2.45, 2.75) is 32.0 Å². The first-order valence-corrected chi connectivity index (χ1v) is 4.17. The standard InChI is InChI=1S/C8H18N2O/c1-6(2)10-4-7(9)8(5-10)11-3/h6-8H,4-5,9H2,1-3H3. The lowest BCUT2D eigenvalue weighted by Gasteiger charge is -2.19. The maximum Gasteiger partial charge on any atom is 0.0861 e. The van der Waals surface area contributed by atoms with Gasteiger partial charge in [-0.2, -0.15) is 0 Å². The zero-order chi connectivity index (χ0) is 8.43. The summed E-state index contributed by atoms with van der Waals surface area (Å²) in [6.45, 7) is 6.32. The third-order valence-electron chi connectivity index (χ3n) is 2.37. The summed E-state index contributed by atoms with van der Waals surface area (Å²) in [6.07, 6.45) is 0.234. The molecule has 0 spiro atoms. The maximum absolute atomic E-state index is 5.85. The minimum Gasteiger partial charge on any atom is -0.378 e. The predicted octanol–water partition coefficient (Wildman–Crippen LogP) is 0.0527. The summed E-state index contributed by atoms with van der Waals surface area (Å²) in [5, 5.41) is 0. The molecule has 0 radical (unpaired) electrons. The van der Waals surface area contributed by atoms with Crippen LogP contribution in [-0.2, 0) is 4.74 Å². The molecule has 1 fully saturated rings. The molecule has 2 unspecified atom stereocenters. The Hall–Kier alpha value is -0.120. The SMILES string of the molecule is COC1CN(C(C)C)CC1N. The molecule has 0 bridgehead atoms. The second-order valence-electron chi connectivity index (χ2n) is 3.49. The Kier molecular flexibility index (Phi) is 2.87. The zero-order valence-electron chi connectivity index (χ0n) is 7.58. The van der Waals surface area contributed by atoms with E-state index in [1.807, 2.05) is 0 Å². The molecule has 0 saturated carbocycles. The molecule has 1 aliphatic rings. The van der Waals surface area contributed by atoms with Crippen molar-refractivity contribution in [3.63, 3.8) is 0 Å². The summed E-state index contributed by atoms with van der Waals surface area (Å²) in [7, 11) is 1.73. The fourth-order valence-electron chi connectivity index (χ4n) is 1.50. The number of ether oxygens (including phenoxy) is 1. The van der Waals surface area contributed by atoms with Gasteiger partial charge in [-0.3, -0.25) is 4.90 Å². The summed E-state index contributed by atoms with van der Waals surface area (Å²) in [6, 6.07) is 0.781. The van der Waals surface area contributed by atoms with Gasteiger partial charge < -0.3 is 10.5 Å². The molecule has 0 aromatic rings. The number of methoxy groups -OCH3 is 1. The Morgan fingerprint density at radius 1 is 1.45 bits per heavy atom. The Bertz CT molecular complexity index is 127. The largest absolute Gasteiger partial charge is 0.378 e. The molecular formula is C8H18N2O. The highest BCUT2D eigenvalue weighted by Crippen LogP contribution is 2.13. The summed E-state index contributed by atoms with van der Waals surface area (Å²) < 4.78 is 5.24. The highest BCUT2D eigenvalue weighted by atomic mass is 16.5. The second kappa shape index (κ2) is 3.52. The Morgan fingerprint density at radius 3 is 2.36 bits per heavy atom. The van der Waals surface area contributed by atoms with E-state index in [2.05, 4.69) is 18.7 Å². The Labute approximate surface area is 68.5 Å². The van der Waals surface area contributed by atoms with Crippen molar-refractivity contribution in [3.8, 4) is 0 Å². The van der Waals surface area contributed by atoms with Gasteiger partial charge in [0.25, 0.3) is 0 Å². The quantitative estimate of drug-likeness (QED) is 0.617. The van der Waals surface area contributed by atoms with Crippen molar-refractivity contribution in [1.82, 2.24) is 4.90 Å². The van der Waals surface area contributed by atoms with E-state index in [4.69, 9.17) is 10.5 Å². The van der Waals surface area contributed by atoms with Crippen molar-refractivity contribution < 1.29 is 4.74 Å². The van der Waals surface area contributed by atoms with Crippen molar-refractivity contribution in [2.75, 3.05) is 20.2 Å². The lowest BCUT2D eigenvalue weighted by atomic mass is 10.2. The van der Waals surface area contributed by atoms with Crippen LogP contribution in [0.4, 0.5) is 0 Å². The summed E-state index contributed by atoms with van der Waals surface area (Å²) in [5.41, 5.74) is 5.85. The lowest BCUT2D eigenvalue weighted by Crippen LogP contribution is -2.34. The van der Waals surface area contributed by atoms with Gasteiger partial charge in [0.15, 0.2) is 0 Å². The van der Waals surface area contributed by atoms with Crippen LogP contribution in [0.5, 0.6) is 0 Å². The summed E-state index contributed by atoms with van der Waals surface area (Å²) in [4.78, 5) is 2.35. The number of likely N-dealkylation sites (tertiary alicyclic amines) is 1. The number of hydrogen-bond acceptors (Lipinski definition) is 3. The molecule has 1 heterocycles. The van der Waals surface area contributed by atoms with E-state index in [0.717, 1.165) is 13.1 Å². The van der Waals surface area contributed by atoms with E-state index in [-0.39, 0.29) is 12.1 Å². The first-order chi connectivity index (χ1) is 5.15. The molecule has 66 valence electrons. The molecule has 0 aromatic carbocycles. The molecular weight excluding hydrogens is 140 g/mol. The van der Waals surface area contributed by atoms with Gasteiger partial charge in [-0.15, -0.1) is 0 Å². The molecule has 11 heavy (non-hydrogen) atoms. The molecule has 3 heteroatoms. The van der Waals surface area contributed by atoms with Crippen LogP contribution in [0.25, 0.3) is 0 Å². The normalized spacial score (nSPS) is 33.5. The fraction of sp³-hybridized carbons (Fsp3) is 1.00. The van der Waals surface area contributed by atoms with Crippen LogP contribution in [0.1, 0.15) is 13.8 Å². The minimum atomic E-state index is 0.197.